The van der Waals surface area contributed by atoms with Crippen LogP contribution in [0.25, 0.3) is 10.9 Å². The van der Waals surface area contributed by atoms with E-state index in [1.165, 1.54) is 21.9 Å². The van der Waals surface area contributed by atoms with Gasteiger partial charge in [-0.05, 0) is 57.0 Å². The number of fused-ring (bicyclic) bond motifs is 2. The monoisotopic (exact) mass is 501 g/mol. The number of hydrogen-bond acceptors (Lipinski definition) is 5. The van der Waals surface area contributed by atoms with Gasteiger partial charge in [0.25, 0.3) is 5.56 Å². The van der Waals surface area contributed by atoms with E-state index >= 15 is 0 Å². The minimum absolute atomic E-state index is 0.0174. The van der Waals surface area contributed by atoms with E-state index in [0.29, 0.717) is 16.1 Å². The second kappa shape index (κ2) is 8.76. The number of thioether (sulfide) groups is 1. The van der Waals surface area contributed by atoms with Crippen LogP contribution in [0.3, 0.4) is 0 Å². The molecule has 0 saturated carbocycles. The molecule has 1 N–H and O–H groups in total. The molecule has 4 rings (SSSR count). The maximum Gasteiger partial charge on any atom is 0.262 e. The van der Waals surface area contributed by atoms with Crippen molar-refractivity contribution in [3.05, 3.63) is 62.9 Å². The molecule has 1 amide bonds. The van der Waals surface area contributed by atoms with Crippen LogP contribution < -0.4 is 10.5 Å². The highest BCUT2D eigenvalue weighted by Crippen LogP contribution is 2.34. The molecule has 1 aliphatic rings. The lowest BCUT2D eigenvalue weighted by Crippen LogP contribution is -2.40. The van der Waals surface area contributed by atoms with Crippen molar-refractivity contribution < 1.29 is 9.90 Å². The van der Waals surface area contributed by atoms with Gasteiger partial charge in [-0.3, -0.25) is 14.2 Å². The molecule has 162 valence electrons. The van der Waals surface area contributed by atoms with Crippen LogP contribution in [0.15, 0.2) is 56.9 Å². The molecule has 0 unspecified atom stereocenters. The third kappa shape index (κ3) is 4.29. The van der Waals surface area contributed by atoms with Gasteiger partial charge in [-0.1, -0.05) is 45.9 Å². The van der Waals surface area contributed by atoms with Crippen molar-refractivity contribution in [2.45, 2.75) is 56.3 Å². The standard InChI is InChI=1S/C23H24BrN3O3S/c1-13-10-16-6-4-5-7-20(16)27(13)21(29)15(3)31-23-25-19-9-8-17(24)11-18(19)22(30)26(23)12-14(2)28/h4-9,11,13-15,28H,10,12H2,1-3H3/t13-,14+,15-/m1/s1. The van der Waals surface area contributed by atoms with Crippen LogP contribution in [0, 0.1) is 0 Å². The van der Waals surface area contributed by atoms with Crippen LogP contribution in [0.1, 0.15) is 26.3 Å². The Labute approximate surface area is 193 Å². The number of anilines is 1. The van der Waals surface area contributed by atoms with Gasteiger partial charge >= 0.3 is 0 Å². The van der Waals surface area contributed by atoms with Crippen LogP contribution in [0.4, 0.5) is 5.69 Å². The average molecular weight is 502 g/mol. The predicted molar refractivity (Wildman–Crippen MR) is 128 cm³/mol. The number of aliphatic hydroxyl groups is 1. The molecule has 0 aliphatic carbocycles. The predicted octanol–water partition coefficient (Wildman–Crippen LogP) is 4.00. The van der Waals surface area contributed by atoms with E-state index in [9.17, 15) is 14.7 Å². The van der Waals surface area contributed by atoms with E-state index in [1.54, 1.807) is 19.1 Å². The fraction of sp³-hybridized carbons (Fsp3) is 0.348. The molecule has 2 aromatic carbocycles. The van der Waals surface area contributed by atoms with Gasteiger partial charge in [0.1, 0.15) is 0 Å². The zero-order valence-corrected chi connectivity index (χ0v) is 20.0. The van der Waals surface area contributed by atoms with Crippen molar-refractivity contribution in [2.75, 3.05) is 4.90 Å². The maximum absolute atomic E-state index is 13.4. The number of carbonyl (C=O) groups is 1. The second-order valence-corrected chi connectivity index (χ2v) is 10.2. The average Bonchev–Trinajstić information content (AvgIpc) is 3.06. The van der Waals surface area contributed by atoms with Gasteiger partial charge in [-0.15, -0.1) is 0 Å². The Hall–Kier alpha value is -2.16. The summed E-state index contributed by atoms with van der Waals surface area (Å²) in [6.07, 6.45) is 0.106. The first-order valence-corrected chi connectivity index (χ1v) is 11.9. The summed E-state index contributed by atoms with van der Waals surface area (Å²) < 4.78 is 2.25. The Kier molecular flexibility index (Phi) is 6.23. The van der Waals surface area contributed by atoms with E-state index < -0.39 is 11.4 Å². The molecule has 8 heteroatoms. The van der Waals surface area contributed by atoms with E-state index in [0.717, 1.165) is 16.6 Å². The number of carbonyl (C=O) groups excluding carboxylic acids is 1. The SMILES string of the molecule is C[C@H](O)Cn1c(S[C@H](C)C(=O)N2c3ccccc3C[C@H]2C)nc2ccc(Br)cc2c1=O. The smallest absolute Gasteiger partial charge is 0.262 e. The van der Waals surface area contributed by atoms with Crippen LogP contribution in [0.2, 0.25) is 0 Å². The Morgan fingerprint density at radius 3 is 2.77 bits per heavy atom. The maximum atomic E-state index is 13.4. The number of amides is 1. The Morgan fingerprint density at radius 1 is 1.29 bits per heavy atom. The molecule has 0 radical (unpaired) electrons. The van der Waals surface area contributed by atoms with Gasteiger partial charge in [0, 0.05) is 16.2 Å². The van der Waals surface area contributed by atoms with Crippen LogP contribution in [-0.2, 0) is 17.8 Å². The molecule has 1 aromatic heterocycles. The summed E-state index contributed by atoms with van der Waals surface area (Å²) in [4.78, 5) is 33.0. The molecule has 3 aromatic rings. The van der Waals surface area contributed by atoms with Crippen molar-refractivity contribution in [1.29, 1.82) is 0 Å². The Balaban J connectivity index is 1.70. The summed E-state index contributed by atoms with van der Waals surface area (Å²) in [5.74, 6) is -0.0174. The molecule has 1 aliphatic heterocycles. The van der Waals surface area contributed by atoms with Gasteiger partial charge in [-0.25, -0.2) is 4.98 Å². The van der Waals surface area contributed by atoms with Crippen molar-refractivity contribution in [3.8, 4) is 0 Å². The van der Waals surface area contributed by atoms with Crippen molar-refractivity contribution in [1.82, 2.24) is 9.55 Å². The third-order valence-corrected chi connectivity index (χ3v) is 6.97. The molecule has 2 heterocycles. The molecule has 0 saturated heterocycles. The number of nitrogens with zero attached hydrogens (tertiary/aromatic N) is 3. The zero-order chi connectivity index (χ0) is 22.3. The van der Waals surface area contributed by atoms with Gasteiger partial charge in [-0.2, -0.15) is 0 Å². The first-order valence-electron chi connectivity index (χ1n) is 10.2. The summed E-state index contributed by atoms with van der Waals surface area (Å²) in [7, 11) is 0. The van der Waals surface area contributed by atoms with Crippen molar-refractivity contribution in [3.63, 3.8) is 0 Å². The zero-order valence-electron chi connectivity index (χ0n) is 17.6. The van der Waals surface area contributed by atoms with E-state index in [-0.39, 0.29) is 24.1 Å². The largest absolute Gasteiger partial charge is 0.392 e. The highest BCUT2D eigenvalue weighted by molar-refractivity contribution is 9.10. The molecular weight excluding hydrogens is 478 g/mol. The number of benzene rings is 2. The third-order valence-electron chi connectivity index (χ3n) is 5.40. The number of rotatable bonds is 5. The van der Waals surface area contributed by atoms with Crippen molar-refractivity contribution in [2.24, 2.45) is 0 Å². The highest BCUT2D eigenvalue weighted by atomic mass is 79.9. The summed E-state index contributed by atoms with van der Waals surface area (Å²) >= 11 is 4.65. The summed E-state index contributed by atoms with van der Waals surface area (Å²) in [6.45, 7) is 5.62. The molecule has 6 nitrogen and oxygen atoms in total. The second-order valence-electron chi connectivity index (χ2n) is 7.97. The Morgan fingerprint density at radius 2 is 2.03 bits per heavy atom. The molecule has 31 heavy (non-hydrogen) atoms. The molecule has 0 fully saturated rings. The fourth-order valence-electron chi connectivity index (χ4n) is 3.99. The van der Waals surface area contributed by atoms with Gasteiger partial charge in [0.2, 0.25) is 5.91 Å². The van der Waals surface area contributed by atoms with Gasteiger partial charge in [0.05, 0.1) is 28.8 Å². The van der Waals surface area contributed by atoms with E-state index in [4.69, 9.17) is 0 Å². The number of para-hydroxylation sites is 1. The number of halogens is 1. The van der Waals surface area contributed by atoms with Crippen LogP contribution in [0.5, 0.6) is 0 Å². The van der Waals surface area contributed by atoms with E-state index in [2.05, 4.69) is 27.0 Å². The lowest BCUT2D eigenvalue weighted by Gasteiger charge is -2.26. The summed E-state index contributed by atoms with van der Waals surface area (Å²) in [6, 6.07) is 13.4. The Bertz CT molecular complexity index is 1210. The lowest BCUT2D eigenvalue weighted by atomic mass is 10.1. The summed E-state index contributed by atoms with van der Waals surface area (Å²) in [5, 5.41) is 10.4. The molecule has 0 spiro atoms. The van der Waals surface area contributed by atoms with Gasteiger partial charge < -0.3 is 10.0 Å². The van der Waals surface area contributed by atoms with E-state index in [1.807, 2.05) is 43.0 Å². The van der Waals surface area contributed by atoms with Crippen molar-refractivity contribution >= 4 is 50.2 Å². The normalized spacial score (nSPS) is 17.6. The fourth-order valence-corrected chi connectivity index (χ4v) is 5.32. The quantitative estimate of drug-likeness (QED) is 0.422. The number of aliphatic hydroxyl groups excluding tert-OH is 1. The first kappa shape index (κ1) is 22.0. The molecule has 0 bridgehead atoms. The van der Waals surface area contributed by atoms with Crippen LogP contribution in [-0.4, -0.2) is 38.0 Å². The molecule has 3 atom stereocenters. The highest BCUT2D eigenvalue weighted by Gasteiger charge is 2.34. The lowest BCUT2D eigenvalue weighted by molar-refractivity contribution is -0.118. The van der Waals surface area contributed by atoms with Crippen LogP contribution >= 0.6 is 27.7 Å². The molecular formula is C23H24BrN3O3S. The summed E-state index contributed by atoms with van der Waals surface area (Å²) in [5.41, 5.74) is 2.46. The van der Waals surface area contributed by atoms with Gasteiger partial charge in [0.15, 0.2) is 5.16 Å². The topological polar surface area (TPSA) is 75.4 Å². The minimum Gasteiger partial charge on any atom is -0.392 e. The number of hydrogen-bond donors (Lipinski definition) is 1. The minimum atomic E-state index is -0.722. The first-order chi connectivity index (χ1) is 14.8. The number of aromatic nitrogens is 2.